The first kappa shape index (κ1) is 22.4. The van der Waals surface area contributed by atoms with Gasteiger partial charge in [-0.25, -0.2) is 4.79 Å². The van der Waals surface area contributed by atoms with Crippen molar-refractivity contribution >= 4 is 16.2 Å². The highest BCUT2D eigenvalue weighted by Crippen LogP contribution is 2.23. The molecule has 1 amide bonds. The van der Waals surface area contributed by atoms with Crippen molar-refractivity contribution in [3.8, 4) is 0 Å². The van der Waals surface area contributed by atoms with Gasteiger partial charge in [0.15, 0.2) is 0 Å². The van der Waals surface area contributed by atoms with Crippen molar-refractivity contribution in [3.05, 3.63) is 48.6 Å². The van der Waals surface area contributed by atoms with E-state index in [1.165, 1.54) is 0 Å². The molecule has 1 aliphatic heterocycles. The van der Waals surface area contributed by atoms with Crippen LogP contribution in [0.3, 0.4) is 0 Å². The van der Waals surface area contributed by atoms with E-state index in [4.69, 9.17) is 8.92 Å². The molecule has 1 saturated heterocycles. The fraction of sp³-hybridized carbons (Fsp3) is 0.550. The number of amides is 1. The lowest BCUT2D eigenvalue weighted by molar-refractivity contribution is 0.0720. The van der Waals surface area contributed by atoms with E-state index in [9.17, 15) is 13.2 Å². The van der Waals surface area contributed by atoms with Gasteiger partial charge in [-0.05, 0) is 30.7 Å². The number of hydrogen-bond acceptors (Lipinski definition) is 6. The summed E-state index contributed by atoms with van der Waals surface area (Å²) < 4.78 is 32.8. The topological polar surface area (TPSA) is 84.9 Å². The Labute approximate surface area is 167 Å². The Hall–Kier alpha value is -1.90. The highest BCUT2D eigenvalue weighted by Gasteiger charge is 2.30. The molecule has 0 radical (unpaired) electrons. The van der Waals surface area contributed by atoms with E-state index in [1.807, 2.05) is 30.3 Å². The molecular formula is C20H30N2O5S. The fourth-order valence-electron chi connectivity index (χ4n) is 3.38. The molecule has 28 heavy (non-hydrogen) atoms. The second-order valence-electron chi connectivity index (χ2n) is 7.01. The summed E-state index contributed by atoms with van der Waals surface area (Å²) in [5, 5.41) is 3.37. The summed E-state index contributed by atoms with van der Waals surface area (Å²) >= 11 is 0. The monoisotopic (exact) mass is 410 g/mol. The van der Waals surface area contributed by atoms with Crippen molar-refractivity contribution in [2.24, 2.45) is 5.92 Å². The molecule has 0 aliphatic carbocycles. The summed E-state index contributed by atoms with van der Waals surface area (Å²) in [5.74, 6) is 0.195. The molecule has 2 atom stereocenters. The van der Waals surface area contributed by atoms with Gasteiger partial charge in [0.1, 0.15) is 6.61 Å². The first-order chi connectivity index (χ1) is 13.4. The Kier molecular flexibility index (Phi) is 8.95. The lowest BCUT2D eigenvalue weighted by Crippen LogP contribution is -2.48. The van der Waals surface area contributed by atoms with Gasteiger partial charge >= 0.3 is 6.09 Å². The average Bonchev–Trinajstić information content (AvgIpc) is 2.68. The number of nitrogens with zero attached hydrogens (tertiary/aromatic N) is 1. The van der Waals surface area contributed by atoms with Crippen molar-refractivity contribution in [1.82, 2.24) is 10.2 Å². The molecule has 1 aromatic rings. The molecule has 0 spiro atoms. The zero-order valence-electron chi connectivity index (χ0n) is 16.4. The van der Waals surface area contributed by atoms with Crippen molar-refractivity contribution in [2.45, 2.75) is 31.9 Å². The number of likely N-dealkylation sites (tertiary alicyclic amines) is 1. The number of ether oxygens (including phenoxy) is 1. The molecule has 0 bridgehead atoms. The maximum absolute atomic E-state index is 12.5. The number of rotatable bonds is 10. The predicted octanol–water partition coefficient (Wildman–Crippen LogP) is 2.55. The zero-order valence-corrected chi connectivity index (χ0v) is 17.2. The van der Waals surface area contributed by atoms with Crippen LogP contribution in [0, 0.1) is 5.92 Å². The normalized spacial score (nSPS) is 18.5. The molecule has 2 unspecified atom stereocenters. The van der Waals surface area contributed by atoms with Crippen LogP contribution in [0.25, 0.3) is 0 Å². The van der Waals surface area contributed by atoms with E-state index in [1.54, 1.807) is 11.0 Å². The molecule has 8 heteroatoms. The maximum atomic E-state index is 12.5. The molecular weight excluding hydrogens is 380 g/mol. The molecule has 0 aromatic heterocycles. The molecule has 1 aliphatic rings. The summed E-state index contributed by atoms with van der Waals surface area (Å²) in [5.41, 5.74) is 0.952. The molecule has 156 valence electrons. The number of nitrogens with one attached hydrogen (secondary N) is 1. The van der Waals surface area contributed by atoms with Crippen LogP contribution in [0.15, 0.2) is 43.0 Å². The number of benzene rings is 1. The van der Waals surface area contributed by atoms with Crippen LogP contribution in [-0.2, 0) is 25.6 Å². The minimum absolute atomic E-state index is 0.0319. The van der Waals surface area contributed by atoms with Crippen LogP contribution in [0.4, 0.5) is 4.79 Å². The first-order valence-corrected chi connectivity index (χ1v) is 11.3. The Morgan fingerprint density at radius 2 is 2.14 bits per heavy atom. The predicted molar refractivity (Wildman–Crippen MR) is 108 cm³/mol. The highest BCUT2D eigenvalue weighted by atomic mass is 32.2. The SMILES string of the molecule is C=CCNC(CCOS(C)(=O)=O)C1CCCN(C(=O)OCc2ccccc2)C1. The van der Waals surface area contributed by atoms with Gasteiger partial charge in [0.25, 0.3) is 10.1 Å². The smallest absolute Gasteiger partial charge is 0.410 e. The average molecular weight is 411 g/mol. The number of carbonyl (C=O) groups is 1. The molecule has 7 nitrogen and oxygen atoms in total. The summed E-state index contributed by atoms with van der Waals surface area (Å²) in [6.45, 7) is 5.93. The quantitative estimate of drug-likeness (QED) is 0.471. The molecule has 2 rings (SSSR count). The Morgan fingerprint density at radius 1 is 1.39 bits per heavy atom. The van der Waals surface area contributed by atoms with Crippen molar-refractivity contribution in [2.75, 3.05) is 32.5 Å². The van der Waals surface area contributed by atoms with Crippen LogP contribution < -0.4 is 5.32 Å². The third kappa shape index (κ3) is 8.00. The lowest BCUT2D eigenvalue weighted by Gasteiger charge is -2.36. The fourth-order valence-corrected chi connectivity index (χ4v) is 3.78. The van der Waals surface area contributed by atoms with E-state index in [2.05, 4.69) is 11.9 Å². The second kappa shape index (κ2) is 11.2. The van der Waals surface area contributed by atoms with Crippen molar-refractivity contribution in [1.29, 1.82) is 0 Å². The highest BCUT2D eigenvalue weighted by molar-refractivity contribution is 7.85. The van der Waals surface area contributed by atoms with Crippen LogP contribution in [0.2, 0.25) is 0 Å². The minimum atomic E-state index is -3.46. The number of piperidine rings is 1. The second-order valence-corrected chi connectivity index (χ2v) is 8.65. The van der Waals surface area contributed by atoms with Crippen LogP contribution in [-0.4, -0.2) is 57.9 Å². The Bertz CT molecular complexity index is 723. The maximum Gasteiger partial charge on any atom is 0.410 e. The molecule has 1 fully saturated rings. The van der Waals surface area contributed by atoms with Gasteiger partial charge in [0.2, 0.25) is 0 Å². The van der Waals surface area contributed by atoms with Crippen molar-refractivity contribution in [3.63, 3.8) is 0 Å². The number of hydrogen-bond donors (Lipinski definition) is 1. The summed E-state index contributed by atoms with van der Waals surface area (Å²) in [4.78, 5) is 14.2. The zero-order chi connectivity index (χ0) is 20.4. The lowest BCUT2D eigenvalue weighted by atomic mass is 9.89. The molecule has 1 heterocycles. The van der Waals surface area contributed by atoms with Crippen molar-refractivity contribution < 1.29 is 22.1 Å². The van der Waals surface area contributed by atoms with Gasteiger partial charge in [0, 0.05) is 25.7 Å². The minimum Gasteiger partial charge on any atom is -0.445 e. The van der Waals surface area contributed by atoms with Gasteiger partial charge in [-0.3, -0.25) is 4.18 Å². The van der Waals surface area contributed by atoms with E-state index < -0.39 is 10.1 Å². The van der Waals surface area contributed by atoms with Crippen LogP contribution >= 0.6 is 0 Å². The van der Waals surface area contributed by atoms with Gasteiger partial charge < -0.3 is 15.0 Å². The van der Waals surface area contributed by atoms with Gasteiger partial charge in [-0.15, -0.1) is 6.58 Å². The summed E-state index contributed by atoms with van der Waals surface area (Å²) in [6, 6.07) is 9.62. The molecule has 1 aromatic carbocycles. The van der Waals surface area contributed by atoms with Crippen LogP contribution in [0.1, 0.15) is 24.8 Å². The standard InChI is InChI=1S/C20H30N2O5S/c1-3-12-21-19(11-14-27-28(2,24)25)18-10-7-13-22(15-18)20(23)26-16-17-8-5-4-6-9-17/h3-6,8-9,18-19,21H,1,7,10-16H2,2H3. The number of carbonyl (C=O) groups excluding carboxylic acids is 1. The largest absolute Gasteiger partial charge is 0.445 e. The molecule has 1 N–H and O–H groups in total. The van der Waals surface area contributed by atoms with Gasteiger partial charge in [0.05, 0.1) is 12.9 Å². The Morgan fingerprint density at radius 3 is 2.82 bits per heavy atom. The van der Waals surface area contributed by atoms with Gasteiger partial charge in [-0.1, -0.05) is 36.4 Å². The Balaban J connectivity index is 1.89. The van der Waals surface area contributed by atoms with E-state index in [-0.39, 0.29) is 31.3 Å². The van der Waals surface area contributed by atoms with E-state index in [0.717, 1.165) is 24.7 Å². The third-order valence-corrected chi connectivity index (χ3v) is 5.34. The summed E-state index contributed by atoms with van der Waals surface area (Å²) in [6.07, 6.45) is 4.87. The van der Waals surface area contributed by atoms with Gasteiger partial charge in [-0.2, -0.15) is 8.42 Å². The summed E-state index contributed by atoms with van der Waals surface area (Å²) in [7, 11) is -3.46. The van der Waals surface area contributed by atoms with E-state index >= 15 is 0 Å². The van der Waals surface area contributed by atoms with Crippen LogP contribution in [0.5, 0.6) is 0 Å². The first-order valence-electron chi connectivity index (χ1n) is 9.53. The third-order valence-electron chi connectivity index (χ3n) is 4.74. The van der Waals surface area contributed by atoms with E-state index in [0.29, 0.717) is 26.1 Å². The molecule has 0 saturated carbocycles.